The number of rotatable bonds is 4. The molecular formula is C28H22N2O. The highest BCUT2D eigenvalue weighted by Crippen LogP contribution is 2.41. The Bertz CT molecular complexity index is 1420. The molecule has 5 rings (SSSR count). The van der Waals surface area contributed by atoms with Crippen LogP contribution in [0.2, 0.25) is 0 Å². The summed E-state index contributed by atoms with van der Waals surface area (Å²) in [4.78, 5) is 4.54. The van der Waals surface area contributed by atoms with Crippen LogP contribution in [0.4, 0.5) is 0 Å². The summed E-state index contributed by atoms with van der Waals surface area (Å²) in [7, 11) is 0. The fraction of sp³-hybridized carbons (Fsp3) is 0.143. The van der Waals surface area contributed by atoms with E-state index in [4.69, 9.17) is 4.42 Å². The average molecular weight is 402 g/mol. The van der Waals surface area contributed by atoms with Gasteiger partial charge in [0.1, 0.15) is 17.2 Å². The van der Waals surface area contributed by atoms with Crippen molar-refractivity contribution in [2.75, 3.05) is 0 Å². The second kappa shape index (κ2) is 7.74. The second-order valence-corrected chi connectivity index (χ2v) is 8.23. The van der Waals surface area contributed by atoms with Crippen molar-refractivity contribution in [1.82, 2.24) is 4.98 Å². The predicted octanol–water partition coefficient (Wildman–Crippen LogP) is 7.39. The number of nitrogens with zero attached hydrogens (tertiary/aromatic N) is 2. The van der Waals surface area contributed by atoms with Gasteiger partial charge in [-0.05, 0) is 47.7 Å². The molecule has 0 aliphatic carbocycles. The van der Waals surface area contributed by atoms with E-state index in [1.165, 1.54) is 5.56 Å². The quantitative estimate of drug-likeness (QED) is 0.315. The second-order valence-electron chi connectivity index (χ2n) is 8.23. The first-order chi connectivity index (χ1) is 15.2. The van der Waals surface area contributed by atoms with Gasteiger partial charge in [0.15, 0.2) is 5.58 Å². The van der Waals surface area contributed by atoms with Crippen LogP contribution in [0.5, 0.6) is 0 Å². The minimum absolute atomic E-state index is 0.507. The largest absolute Gasteiger partial charge is 0.454 e. The molecular weight excluding hydrogens is 380 g/mol. The Hall–Kier alpha value is -3.90. The van der Waals surface area contributed by atoms with Crippen LogP contribution in [0.25, 0.3) is 44.3 Å². The SMILES string of the molecule is CC(C)Cc1ccc(-c2ccccn2)c2oc3c(C#N)c(-c4ccccc4)ccc3c12. The molecule has 3 aromatic carbocycles. The lowest BCUT2D eigenvalue weighted by molar-refractivity contribution is 0.648. The monoisotopic (exact) mass is 402 g/mol. The summed E-state index contributed by atoms with van der Waals surface area (Å²) < 4.78 is 6.48. The third-order valence-corrected chi connectivity index (χ3v) is 5.64. The lowest BCUT2D eigenvalue weighted by Crippen LogP contribution is -1.95. The summed E-state index contributed by atoms with van der Waals surface area (Å²) in [5, 5.41) is 12.2. The van der Waals surface area contributed by atoms with E-state index in [-0.39, 0.29) is 0 Å². The van der Waals surface area contributed by atoms with E-state index in [0.717, 1.165) is 45.2 Å². The molecule has 3 heteroatoms. The van der Waals surface area contributed by atoms with Gasteiger partial charge < -0.3 is 4.42 Å². The van der Waals surface area contributed by atoms with Gasteiger partial charge in [-0.3, -0.25) is 4.98 Å². The molecule has 150 valence electrons. The smallest absolute Gasteiger partial charge is 0.153 e. The number of pyridine rings is 1. The van der Waals surface area contributed by atoms with E-state index in [0.29, 0.717) is 17.1 Å². The molecule has 2 heterocycles. The number of fused-ring (bicyclic) bond motifs is 3. The van der Waals surface area contributed by atoms with Crippen LogP contribution in [0, 0.1) is 17.2 Å². The minimum atomic E-state index is 0.507. The topological polar surface area (TPSA) is 49.8 Å². The molecule has 0 amide bonds. The molecule has 0 saturated carbocycles. The molecule has 5 aromatic rings. The van der Waals surface area contributed by atoms with Crippen LogP contribution < -0.4 is 0 Å². The van der Waals surface area contributed by atoms with Gasteiger partial charge in [0.05, 0.1) is 5.69 Å². The molecule has 0 saturated heterocycles. The molecule has 0 bridgehead atoms. The molecule has 0 spiro atoms. The van der Waals surface area contributed by atoms with E-state index in [2.05, 4.69) is 43.1 Å². The predicted molar refractivity (Wildman–Crippen MR) is 126 cm³/mol. The van der Waals surface area contributed by atoms with Gasteiger partial charge in [-0.1, -0.05) is 62.4 Å². The fourth-order valence-corrected chi connectivity index (χ4v) is 4.32. The van der Waals surface area contributed by atoms with E-state index in [1.54, 1.807) is 6.20 Å². The Morgan fingerprint density at radius 2 is 1.65 bits per heavy atom. The standard InChI is InChI=1S/C28H22N2O/c1-18(2)16-20-11-12-22(25-10-6-7-15-30-25)28-26(20)23-14-13-21(19-8-4-3-5-9-19)24(17-29)27(23)31-28/h3-15,18H,16H2,1-2H3. The summed E-state index contributed by atoms with van der Waals surface area (Å²) in [6, 6.07) is 26.7. The van der Waals surface area contributed by atoms with Crippen molar-refractivity contribution >= 4 is 21.9 Å². The normalized spacial score (nSPS) is 11.3. The van der Waals surface area contributed by atoms with Crippen molar-refractivity contribution in [1.29, 1.82) is 5.26 Å². The van der Waals surface area contributed by atoms with Gasteiger partial charge in [-0.2, -0.15) is 5.26 Å². The first kappa shape index (κ1) is 19.1. The molecule has 0 atom stereocenters. The Kier molecular flexibility index (Phi) is 4.76. The summed E-state index contributed by atoms with van der Waals surface area (Å²) >= 11 is 0. The van der Waals surface area contributed by atoms with Gasteiger partial charge >= 0.3 is 0 Å². The number of furan rings is 1. The van der Waals surface area contributed by atoms with E-state index in [9.17, 15) is 5.26 Å². The maximum absolute atomic E-state index is 10.1. The molecule has 0 N–H and O–H groups in total. The van der Waals surface area contributed by atoms with Crippen molar-refractivity contribution in [2.24, 2.45) is 5.92 Å². The molecule has 0 radical (unpaired) electrons. The van der Waals surface area contributed by atoms with Gasteiger partial charge in [0.2, 0.25) is 0 Å². The summed E-state index contributed by atoms with van der Waals surface area (Å²) in [6.07, 6.45) is 2.73. The van der Waals surface area contributed by atoms with Crippen molar-refractivity contribution in [3.8, 4) is 28.5 Å². The van der Waals surface area contributed by atoms with Crippen molar-refractivity contribution in [2.45, 2.75) is 20.3 Å². The zero-order valence-corrected chi connectivity index (χ0v) is 17.6. The van der Waals surface area contributed by atoms with E-state index < -0.39 is 0 Å². The van der Waals surface area contributed by atoms with Crippen molar-refractivity contribution in [3.05, 3.63) is 90.1 Å². The number of hydrogen-bond acceptors (Lipinski definition) is 3. The van der Waals surface area contributed by atoms with E-state index in [1.807, 2.05) is 54.6 Å². The first-order valence-corrected chi connectivity index (χ1v) is 10.6. The molecule has 0 aliphatic heterocycles. The van der Waals surface area contributed by atoms with Crippen LogP contribution in [-0.2, 0) is 6.42 Å². The molecule has 2 aromatic heterocycles. The maximum Gasteiger partial charge on any atom is 0.153 e. The fourth-order valence-electron chi connectivity index (χ4n) is 4.32. The minimum Gasteiger partial charge on any atom is -0.454 e. The van der Waals surface area contributed by atoms with Crippen LogP contribution >= 0.6 is 0 Å². The molecule has 3 nitrogen and oxygen atoms in total. The molecule has 31 heavy (non-hydrogen) atoms. The Balaban J connectivity index is 1.87. The highest BCUT2D eigenvalue weighted by atomic mass is 16.3. The van der Waals surface area contributed by atoms with Gasteiger partial charge in [0, 0.05) is 28.1 Å². The number of nitriles is 1. The highest BCUT2D eigenvalue weighted by molar-refractivity contribution is 6.13. The number of hydrogen-bond donors (Lipinski definition) is 0. The molecule has 0 unspecified atom stereocenters. The Morgan fingerprint density at radius 1 is 0.871 bits per heavy atom. The van der Waals surface area contributed by atoms with Crippen molar-refractivity contribution in [3.63, 3.8) is 0 Å². The molecule has 0 fully saturated rings. The maximum atomic E-state index is 10.1. The summed E-state index contributed by atoms with van der Waals surface area (Å²) in [5.74, 6) is 0.507. The lowest BCUT2D eigenvalue weighted by Gasteiger charge is -2.09. The number of benzene rings is 3. The highest BCUT2D eigenvalue weighted by Gasteiger charge is 2.21. The first-order valence-electron chi connectivity index (χ1n) is 10.6. The third-order valence-electron chi connectivity index (χ3n) is 5.64. The van der Waals surface area contributed by atoms with Crippen molar-refractivity contribution < 1.29 is 4.42 Å². The zero-order chi connectivity index (χ0) is 21.4. The van der Waals surface area contributed by atoms with E-state index >= 15 is 0 Å². The Morgan fingerprint density at radius 3 is 2.35 bits per heavy atom. The summed E-state index contributed by atoms with van der Waals surface area (Å²) in [6.45, 7) is 4.43. The Labute approximate surface area is 181 Å². The third kappa shape index (κ3) is 3.27. The van der Waals surface area contributed by atoms with Gasteiger partial charge in [0.25, 0.3) is 0 Å². The van der Waals surface area contributed by atoms with Gasteiger partial charge in [-0.15, -0.1) is 0 Å². The number of aromatic nitrogens is 1. The lowest BCUT2D eigenvalue weighted by atomic mass is 9.93. The van der Waals surface area contributed by atoms with Crippen LogP contribution in [0.3, 0.4) is 0 Å². The summed E-state index contributed by atoms with van der Waals surface area (Å²) in [5.41, 5.74) is 6.96. The van der Waals surface area contributed by atoms with Crippen LogP contribution in [-0.4, -0.2) is 4.98 Å². The molecule has 0 aliphatic rings. The zero-order valence-electron chi connectivity index (χ0n) is 17.6. The van der Waals surface area contributed by atoms with Crippen LogP contribution in [0.15, 0.2) is 83.4 Å². The van der Waals surface area contributed by atoms with Crippen LogP contribution in [0.1, 0.15) is 25.0 Å². The van der Waals surface area contributed by atoms with Gasteiger partial charge in [-0.25, -0.2) is 0 Å². The average Bonchev–Trinajstić information content (AvgIpc) is 3.19.